The minimum atomic E-state index is -0.138. The fraction of sp³-hybridized carbons (Fsp3) is 0.375. The molecule has 1 unspecified atom stereocenters. The monoisotopic (exact) mass is 286 g/mol. The molecule has 0 amide bonds. The average molecular weight is 286 g/mol. The number of benzene rings is 1. The minimum absolute atomic E-state index is 0.0122. The van der Waals surface area contributed by atoms with E-state index in [1.54, 1.807) is 0 Å². The molecule has 0 fully saturated rings. The third kappa shape index (κ3) is 1.90. The Labute approximate surface area is 122 Å². The number of nitrogens with zero attached hydrogens (tertiary/aromatic N) is 1. The summed E-state index contributed by atoms with van der Waals surface area (Å²) in [4.78, 5) is 20.1. The van der Waals surface area contributed by atoms with Crippen molar-refractivity contribution in [2.24, 2.45) is 0 Å². The number of aromatic amines is 1. The minimum Gasteiger partial charge on any atom is -0.301 e. The molecule has 20 heavy (non-hydrogen) atoms. The summed E-state index contributed by atoms with van der Waals surface area (Å²) < 4.78 is 0. The predicted molar refractivity (Wildman–Crippen MR) is 83.4 cm³/mol. The van der Waals surface area contributed by atoms with Crippen LogP contribution in [0.15, 0.2) is 34.2 Å². The molecular weight excluding hydrogens is 268 g/mol. The molecule has 1 N–H and O–H groups in total. The summed E-state index contributed by atoms with van der Waals surface area (Å²) in [5.74, 6) is 0. The molecule has 1 aromatic heterocycles. The molecular formula is C16H18N2OS. The molecule has 0 saturated carbocycles. The second kappa shape index (κ2) is 4.77. The molecule has 0 bridgehead atoms. The number of nitrogens with one attached hydrogen (secondary N) is 1. The lowest BCUT2D eigenvalue weighted by atomic mass is 9.69. The van der Waals surface area contributed by atoms with Gasteiger partial charge in [0.25, 0.3) is 5.56 Å². The van der Waals surface area contributed by atoms with Crippen molar-refractivity contribution in [2.45, 2.75) is 37.3 Å². The molecule has 1 atom stereocenters. The van der Waals surface area contributed by atoms with E-state index in [1.807, 2.05) is 12.3 Å². The van der Waals surface area contributed by atoms with Gasteiger partial charge in [0.1, 0.15) is 0 Å². The summed E-state index contributed by atoms with van der Waals surface area (Å²) in [5, 5.41) is 0.684. The molecule has 0 spiro atoms. The largest absolute Gasteiger partial charge is 0.301 e. The van der Waals surface area contributed by atoms with Crippen LogP contribution in [0, 0.1) is 0 Å². The van der Waals surface area contributed by atoms with Crippen LogP contribution in [0.1, 0.15) is 31.4 Å². The van der Waals surface area contributed by atoms with Gasteiger partial charge >= 0.3 is 0 Å². The van der Waals surface area contributed by atoms with Crippen molar-refractivity contribution in [1.29, 1.82) is 0 Å². The third-order valence-electron chi connectivity index (χ3n) is 4.33. The van der Waals surface area contributed by atoms with E-state index in [0.717, 1.165) is 29.7 Å². The van der Waals surface area contributed by atoms with E-state index >= 15 is 0 Å². The van der Waals surface area contributed by atoms with Crippen molar-refractivity contribution in [2.75, 3.05) is 6.26 Å². The van der Waals surface area contributed by atoms with Crippen LogP contribution >= 0.6 is 11.8 Å². The van der Waals surface area contributed by atoms with E-state index in [0.29, 0.717) is 5.16 Å². The van der Waals surface area contributed by atoms with Crippen LogP contribution in [0.4, 0.5) is 0 Å². The number of thioether (sulfide) groups is 1. The molecule has 3 nitrogen and oxygen atoms in total. The fourth-order valence-electron chi connectivity index (χ4n) is 3.02. The van der Waals surface area contributed by atoms with Gasteiger partial charge in [0.15, 0.2) is 5.16 Å². The highest BCUT2D eigenvalue weighted by Gasteiger charge is 2.37. The molecule has 0 aliphatic heterocycles. The van der Waals surface area contributed by atoms with Gasteiger partial charge in [-0.05, 0) is 24.7 Å². The highest BCUT2D eigenvalue weighted by Crippen LogP contribution is 2.42. The van der Waals surface area contributed by atoms with Gasteiger partial charge < -0.3 is 4.98 Å². The van der Waals surface area contributed by atoms with Crippen LogP contribution in [0.2, 0.25) is 0 Å². The first-order chi connectivity index (χ1) is 9.59. The molecule has 0 radical (unpaired) electrons. The summed E-state index contributed by atoms with van der Waals surface area (Å²) in [6.07, 6.45) is 3.76. The van der Waals surface area contributed by atoms with E-state index in [-0.39, 0.29) is 11.0 Å². The fourth-order valence-corrected chi connectivity index (χ4v) is 3.40. The highest BCUT2D eigenvalue weighted by atomic mass is 32.2. The Kier molecular flexibility index (Phi) is 3.21. The van der Waals surface area contributed by atoms with Crippen LogP contribution in [0.5, 0.6) is 0 Å². The second-order valence-electron chi connectivity index (χ2n) is 5.55. The quantitative estimate of drug-likeness (QED) is 0.680. The van der Waals surface area contributed by atoms with Crippen LogP contribution in [-0.2, 0) is 11.8 Å². The van der Waals surface area contributed by atoms with Crippen LogP contribution in [0.25, 0.3) is 11.3 Å². The Hall–Kier alpha value is -1.55. The van der Waals surface area contributed by atoms with Crippen molar-refractivity contribution in [3.8, 4) is 11.3 Å². The average Bonchev–Trinajstić information content (AvgIpc) is 2.46. The summed E-state index contributed by atoms with van der Waals surface area (Å²) in [6, 6.07) is 8.29. The van der Waals surface area contributed by atoms with E-state index in [4.69, 9.17) is 0 Å². The molecule has 2 aromatic rings. The van der Waals surface area contributed by atoms with Gasteiger partial charge in [0.2, 0.25) is 0 Å². The summed E-state index contributed by atoms with van der Waals surface area (Å²) in [6.45, 7) is 4.30. The maximum Gasteiger partial charge on any atom is 0.255 e. The molecule has 4 heteroatoms. The van der Waals surface area contributed by atoms with Gasteiger partial charge in [-0.25, -0.2) is 4.98 Å². The molecule has 1 aromatic carbocycles. The van der Waals surface area contributed by atoms with Gasteiger partial charge in [-0.1, -0.05) is 49.9 Å². The smallest absolute Gasteiger partial charge is 0.255 e. The zero-order valence-corrected chi connectivity index (χ0v) is 12.8. The maximum absolute atomic E-state index is 12.5. The first-order valence-corrected chi connectivity index (χ1v) is 8.08. The topological polar surface area (TPSA) is 45.8 Å². The Bertz CT molecular complexity index is 723. The maximum atomic E-state index is 12.5. The SMILES string of the molecule is CCC1(C)Cc2ccccc2-c2nc(SC)[nH]c(=O)c21. The highest BCUT2D eigenvalue weighted by molar-refractivity contribution is 7.98. The zero-order valence-electron chi connectivity index (χ0n) is 12.0. The van der Waals surface area contributed by atoms with E-state index < -0.39 is 0 Å². The standard InChI is InChI=1S/C16H18N2OS/c1-4-16(2)9-10-7-5-6-8-11(10)13-12(16)14(19)18-15(17-13)20-3/h5-8H,4,9H2,1-3H3,(H,17,18,19). The van der Waals surface area contributed by atoms with Gasteiger partial charge in [0, 0.05) is 16.5 Å². The number of H-pyrrole nitrogens is 1. The Morgan fingerprint density at radius 2 is 2.15 bits per heavy atom. The van der Waals surface area contributed by atoms with Crippen molar-refractivity contribution in [3.63, 3.8) is 0 Å². The lowest BCUT2D eigenvalue weighted by Crippen LogP contribution is -2.36. The van der Waals surface area contributed by atoms with Gasteiger partial charge in [0.05, 0.1) is 5.69 Å². The van der Waals surface area contributed by atoms with Crippen molar-refractivity contribution >= 4 is 11.8 Å². The Morgan fingerprint density at radius 3 is 2.85 bits per heavy atom. The number of hydrogen-bond donors (Lipinski definition) is 1. The number of rotatable bonds is 2. The molecule has 1 aliphatic carbocycles. The predicted octanol–water partition coefficient (Wildman–Crippen LogP) is 3.38. The van der Waals surface area contributed by atoms with Gasteiger partial charge in [-0.15, -0.1) is 0 Å². The van der Waals surface area contributed by atoms with Crippen molar-refractivity contribution in [1.82, 2.24) is 9.97 Å². The van der Waals surface area contributed by atoms with E-state index in [1.165, 1.54) is 17.3 Å². The molecule has 0 saturated heterocycles. The van der Waals surface area contributed by atoms with Gasteiger partial charge in [-0.3, -0.25) is 4.79 Å². The van der Waals surface area contributed by atoms with Crippen LogP contribution in [-0.4, -0.2) is 16.2 Å². The molecule has 1 aliphatic rings. The second-order valence-corrected chi connectivity index (χ2v) is 6.34. The number of hydrogen-bond acceptors (Lipinski definition) is 3. The number of fused-ring (bicyclic) bond motifs is 3. The Morgan fingerprint density at radius 1 is 1.40 bits per heavy atom. The molecule has 104 valence electrons. The normalized spacial score (nSPS) is 20.4. The van der Waals surface area contributed by atoms with Crippen molar-refractivity contribution in [3.05, 3.63) is 45.7 Å². The summed E-state index contributed by atoms with van der Waals surface area (Å²) >= 11 is 1.47. The van der Waals surface area contributed by atoms with Crippen LogP contribution < -0.4 is 5.56 Å². The Balaban J connectivity index is 2.38. The van der Waals surface area contributed by atoms with Gasteiger partial charge in [-0.2, -0.15) is 0 Å². The van der Waals surface area contributed by atoms with Crippen molar-refractivity contribution < 1.29 is 0 Å². The third-order valence-corrected chi connectivity index (χ3v) is 4.91. The zero-order chi connectivity index (χ0) is 14.3. The molecule has 3 rings (SSSR count). The lowest BCUT2D eigenvalue weighted by molar-refractivity contribution is 0.439. The van der Waals surface area contributed by atoms with E-state index in [9.17, 15) is 4.79 Å². The van der Waals surface area contributed by atoms with E-state index in [2.05, 4.69) is 42.0 Å². The summed E-state index contributed by atoms with van der Waals surface area (Å²) in [5.41, 5.74) is 3.98. The van der Waals surface area contributed by atoms with Crippen LogP contribution in [0.3, 0.4) is 0 Å². The summed E-state index contributed by atoms with van der Waals surface area (Å²) in [7, 11) is 0. The number of aromatic nitrogens is 2. The lowest BCUT2D eigenvalue weighted by Gasteiger charge is -2.34. The first-order valence-electron chi connectivity index (χ1n) is 6.86. The first kappa shape index (κ1) is 13.4. The molecule has 1 heterocycles.